The van der Waals surface area contributed by atoms with Gasteiger partial charge in [0.25, 0.3) is 0 Å². The highest BCUT2D eigenvalue weighted by atomic mass is 79.9. The lowest BCUT2D eigenvalue weighted by Crippen LogP contribution is -2.19. The Morgan fingerprint density at radius 1 is 1.75 bits per heavy atom. The van der Waals surface area contributed by atoms with E-state index in [0.29, 0.717) is 4.83 Å². The Labute approximate surface area is 84.7 Å². The molecule has 0 aromatic carbocycles. The smallest absolute Gasteiger partial charge is 0.185 e. The fourth-order valence-electron chi connectivity index (χ4n) is 1.38. The average Bonchev–Trinajstić information content (AvgIpc) is 2.58. The van der Waals surface area contributed by atoms with Crippen LogP contribution in [-0.2, 0) is 0 Å². The molecule has 0 radical (unpaired) electrons. The van der Waals surface area contributed by atoms with Crippen molar-refractivity contribution in [1.82, 2.24) is 4.98 Å². The molecule has 1 aliphatic heterocycles. The van der Waals surface area contributed by atoms with E-state index in [1.54, 1.807) is 11.3 Å². The minimum Gasteiger partial charge on any atom is -0.347 e. The summed E-state index contributed by atoms with van der Waals surface area (Å²) >= 11 is 5.36. The molecular formula is C8H11BrN2S. The minimum atomic E-state index is 0.654. The Morgan fingerprint density at radius 3 is 3.08 bits per heavy atom. The van der Waals surface area contributed by atoms with E-state index in [0.717, 1.165) is 18.8 Å². The summed E-state index contributed by atoms with van der Waals surface area (Å²) in [6, 6.07) is 0. The van der Waals surface area contributed by atoms with Gasteiger partial charge in [0.05, 0.1) is 5.69 Å². The molecule has 2 heterocycles. The summed E-state index contributed by atoms with van der Waals surface area (Å²) < 4.78 is 0. The van der Waals surface area contributed by atoms with Crippen LogP contribution in [0.15, 0.2) is 5.38 Å². The maximum Gasteiger partial charge on any atom is 0.185 e. The van der Waals surface area contributed by atoms with E-state index >= 15 is 0 Å². The topological polar surface area (TPSA) is 16.1 Å². The lowest BCUT2D eigenvalue weighted by atomic mass is 10.4. The maximum atomic E-state index is 4.45. The van der Waals surface area contributed by atoms with Crippen molar-refractivity contribution >= 4 is 32.4 Å². The molecule has 1 aromatic heterocycles. The minimum absolute atomic E-state index is 0.654. The van der Waals surface area contributed by atoms with Gasteiger partial charge < -0.3 is 4.90 Å². The lowest BCUT2D eigenvalue weighted by Gasteiger charge is -2.12. The molecule has 1 aliphatic rings. The van der Waals surface area contributed by atoms with E-state index in [1.807, 2.05) is 6.92 Å². The summed E-state index contributed by atoms with van der Waals surface area (Å²) in [5.74, 6) is 0. The second kappa shape index (κ2) is 3.34. The van der Waals surface area contributed by atoms with Gasteiger partial charge in [-0.05, 0) is 13.3 Å². The van der Waals surface area contributed by atoms with Crippen LogP contribution < -0.4 is 4.90 Å². The van der Waals surface area contributed by atoms with Gasteiger partial charge in [-0.2, -0.15) is 0 Å². The van der Waals surface area contributed by atoms with Crippen molar-refractivity contribution in [3.05, 3.63) is 11.1 Å². The highest BCUT2D eigenvalue weighted by Gasteiger charge is 2.21. The monoisotopic (exact) mass is 246 g/mol. The molecule has 0 N–H and O–H groups in total. The molecule has 1 unspecified atom stereocenters. The van der Waals surface area contributed by atoms with E-state index in [4.69, 9.17) is 0 Å². The quantitative estimate of drug-likeness (QED) is 0.708. The van der Waals surface area contributed by atoms with Gasteiger partial charge in [-0.1, -0.05) is 15.9 Å². The fraction of sp³-hybridized carbons (Fsp3) is 0.625. The molecule has 1 fully saturated rings. The normalized spacial score (nSPS) is 23.5. The highest BCUT2D eigenvalue weighted by Crippen LogP contribution is 2.26. The summed E-state index contributed by atoms with van der Waals surface area (Å²) in [6.45, 7) is 4.29. The van der Waals surface area contributed by atoms with Crippen LogP contribution in [0.25, 0.3) is 0 Å². The second-order valence-corrected chi connectivity index (χ2v) is 5.23. The summed E-state index contributed by atoms with van der Waals surface area (Å²) in [5.41, 5.74) is 1.13. The molecule has 0 amide bonds. The van der Waals surface area contributed by atoms with Crippen molar-refractivity contribution < 1.29 is 0 Å². The van der Waals surface area contributed by atoms with Gasteiger partial charge in [0.2, 0.25) is 0 Å². The van der Waals surface area contributed by atoms with E-state index in [-0.39, 0.29) is 0 Å². The molecule has 0 aliphatic carbocycles. The largest absolute Gasteiger partial charge is 0.347 e. The molecule has 2 nitrogen and oxygen atoms in total. The summed E-state index contributed by atoms with van der Waals surface area (Å²) in [7, 11) is 0. The van der Waals surface area contributed by atoms with Crippen LogP contribution in [0.4, 0.5) is 5.13 Å². The zero-order valence-corrected chi connectivity index (χ0v) is 9.36. The third-order valence-corrected chi connectivity index (χ3v) is 3.77. The zero-order valence-electron chi connectivity index (χ0n) is 6.96. The first kappa shape index (κ1) is 8.51. The second-order valence-electron chi connectivity index (χ2n) is 3.10. The Bertz CT molecular complexity index is 274. The van der Waals surface area contributed by atoms with Crippen LogP contribution in [0.3, 0.4) is 0 Å². The Balaban J connectivity index is 2.11. The predicted octanol–water partition coefficient (Wildman–Crippen LogP) is 2.43. The van der Waals surface area contributed by atoms with Crippen molar-refractivity contribution in [3.63, 3.8) is 0 Å². The van der Waals surface area contributed by atoms with Crippen molar-refractivity contribution in [1.29, 1.82) is 0 Å². The average molecular weight is 247 g/mol. The van der Waals surface area contributed by atoms with E-state index < -0.39 is 0 Å². The van der Waals surface area contributed by atoms with E-state index in [1.165, 1.54) is 11.6 Å². The molecule has 1 saturated heterocycles. The van der Waals surface area contributed by atoms with Crippen LogP contribution in [0, 0.1) is 6.92 Å². The van der Waals surface area contributed by atoms with Crippen molar-refractivity contribution in [2.75, 3.05) is 18.0 Å². The van der Waals surface area contributed by atoms with Crippen LogP contribution in [0.1, 0.15) is 12.1 Å². The number of thiazole rings is 1. The number of aromatic nitrogens is 1. The SMILES string of the molecule is Cc1csc(N2CCC(Br)C2)n1. The number of aryl methyl sites for hydroxylation is 1. The summed E-state index contributed by atoms with van der Waals surface area (Å²) in [6.07, 6.45) is 1.23. The zero-order chi connectivity index (χ0) is 8.55. The number of nitrogens with zero attached hydrogens (tertiary/aromatic N) is 2. The molecule has 2 rings (SSSR count). The van der Waals surface area contributed by atoms with E-state index in [2.05, 4.69) is 31.2 Å². The van der Waals surface area contributed by atoms with Gasteiger partial charge in [-0.3, -0.25) is 0 Å². The molecular weight excluding hydrogens is 236 g/mol. The number of alkyl halides is 1. The maximum absolute atomic E-state index is 4.45. The molecule has 1 aromatic rings. The van der Waals surface area contributed by atoms with Gasteiger partial charge in [0, 0.05) is 23.3 Å². The van der Waals surface area contributed by atoms with Crippen molar-refractivity contribution in [3.8, 4) is 0 Å². The number of halogens is 1. The third kappa shape index (κ3) is 1.64. The molecule has 0 spiro atoms. The predicted molar refractivity (Wildman–Crippen MR) is 56.4 cm³/mol. The molecule has 0 saturated carbocycles. The van der Waals surface area contributed by atoms with Crippen molar-refractivity contribution in [2.24, 2.45) is 0 Å². The Morgan fingerprint density at radius 2 is 2.58 bits per heavy atom. The first-order chi connectivity index (χ1) is 5.75. The molecule has 12 heavy (non-hydrogen) atoms. The van der Waals surface area contributed by atoms with Crippen molar-refractivity contribution in [2.45, 2.75) is 18.2 Å². The fourth-order valence-corrected chi connectivity index (χ4v) is 2.77. The highest BCUT2D eigenvalue weighted by molar-refractivity contribution is 9.09. The van der Waals surface area contributed by atoms with Gasteiger partial charge >= 0.3 is 0 Å². The number of hydrogen-bond acceptors (Lipinski definition) is 3. The van der Waals surface area contributed by atoms with Gasteiger partial charge in [0.15, 0.2) is 5.13 Å². The number of rotatable bonds is 1. The summed E-state index contributed by atoms with van der Waals surface area (Å²) in [4.78, 5) is 7.45. The van der Waals surface area contributed by atoms with Gasteiger partial charge in [-0.25, -0.2) is 4.98 Å². The first-order valence-electron chi connectivity index (χ1n) is 4.07. The first-order valence-corrected chi connectivity index (χ1v) is 5.86. The molecule has 66 valence electrons. The standard InChI is InChI=1S/C8H11BrN2S/c1-6-5-12-8(10-6)11-3-2-7(9)4-11/h5,7H,2-4H2,1H3. The lowest BCUT2D eigenvalue weighted by molar-refractivity contribution is 0.953. The van der Waals surface area contributed by atoms with E-state index in [9.17, 15) is 0 Å². The number of hydrogen-bond donors (Lipinski definition) is 0. The Hall–Kier alpha value is -0.0900. The third-order valence-electron chi connectivity index (χ3n) is 2.01. The molecule has 4 heteroatoms. The number of anilines is 1. The van der Waals surface area contributed by atoms with Gasteiger partial charge in [-0.15, -0.1) is 11.3 Å². The van der Waals surface area contributed by atoms with Gasteiger partial charge in [0.1, 0.15) is 0 Å². The molecule has 1 atom stereocenters. The van der Waals surface area contributed by atoms with Crippen LogP contribution in [0.5, 0.6) is 0 Å². The van der Waals surface area contributed by atoms with Crippen LogP contribution in [-0.4, -0.2) is 22.9 Å². The summed E-state index contributed by atoms with van der Waals surface area (Å²) in [5, 5.41) is 3.28. The molecule has 0 bridgehead atoms. The Kier molecular flexibility index (Phi) is 2.37. The van der Waals surface area contributed by atoms with Crippen LogP contribution in [0.2, 0.25) is 0 Å². The van der Waals surface area contributed by atoms with Crippen LogP contribution >= 0.6 is 27.3 Å².